The number of nitrogens with zero attached hydrogens (tertiary/aromatic N) is 1. The number of carbonyl (C=O) groups excluding carboxylic acids is 2. The highest BCUT2D eigenvalue weighted by molar-refractivity contribution is 6.39. The number of morpholine rings is 1. The van der Waals surface area contributed by atoms with Gasteiger partial charge in [-0.05, 0) is 36.6 Å². The highest BCUT2D eigenvalue weighted by Gasteiger charge is 2.21. The van der Waals surface area contributed by atoms with Crippen LogP contribution in [0.1, 0.15) is 23.7 Å². The van der Waals surface area contributed by atoms with Gasteiger partial charge in [-0.2, -0.15) is 0 Å². The zero-order valence-electron chi connectivity index (χ0n) is 17.5. The van der Waals surface area contributed by atoms with Crippen molar-refractivity contribution in [2.24, 2.45) is 0 Å². The lowest BCUT2D eigenvalue weighted by molar-refractivity contribution is -0.136. The minimum atomic E-state index is -0.700. The third kappa shape index (κ3) is 6.05. The second-order valence-corrected chi connectivity index (χ2v) is 7.34. The average Bonchev–Trinajstić information content (AvgIpc) is 2.77. The molecule has 1 aliphatic rings. The summed E-state index contributed by atoms with van der Waals surface area (Å²) in [6.45, 7) is 5.55. The summed E-state index contributed by atoms with van der Waals surface area (Å²) in [5.41, 5.74) is 2.63. The van der Waals surface area contributed by atoms with E-state index in [0.29, 0.717) is 24.6 Å². The number of anilines is 1. The molecule has 1 heterocycles. The smallest absolute Gasteiger partial charge is 0.313 e. The van der Waals surface area contributed by atoms with Crippen LogP contribution in [0.3, 0.4) is 0 Å². The van der Waals surface area contributed by atoms with E-state index in [-0.39, 0.29) is 6.10 Å². The van der Waals surface area contributed by atoms with Crippen molar-refractivity contribution in [3.05, 3.63) is 59.7 Å². The first-order chi connectivity index (χ1) is 14.6. The number of aryl methyl sites for hydroxylation is 1. The van der Waals surface area contributed by atoms with Gasteiger partial charge in [0.05, 0.1) is 25.5 Å². The highest BCUT2D eigenvalue weighted by Crippen LogP contribution is 2.25. The first kappa shape index (κ1) is 21.8. The molecule has 1 atom stereocenters. The minimum absolute atomic E-state index is 0.0737. The Balaban J connectivity index is 1.40. The molecule has 30 heavy (non-hydrogen) atoms. The summed E-state index contributed by atoms with van der Waals surface area (Å²) in [6.07, 6.45) is 0.832. The molecule has 2 aromatic carbocycles. The first-order valence-electron chi connectivity index (χ1n) is 10.2. The first-order valence-corrected chi connectivity index (χ1v) is 10.2. The van der Waals surface area contributed by atoms with Crippen molar-refractivity contribution in [2.45, 2.75) is 19.4 Å². The monoisotopic (exact) mass is 411 g/mol. The molecule has 0 saturated carbocycles. The number of nitrogens with one attached hydrogen (secondary N) is 2. The fraction of sp³-hybridized carbons (Fsp3) is 0.391. The molecule has 160 valence electrons. The number of rotatable bonds is 7. The second kappa shape index (κ2) is 10.8. The standard InChI is InChI=1S/C23H29N3O4/c1-17-9-10-20(29-2)19(15-17)25-23(28)22(27)24-11-6-12-26-13-14-30-21(16-26)18-7-4-3-5-8-18/h3-5,7-10,15,21H,6,11-14,16H2,1-2H3,(H,24,27)(H,25,28)/t21-/m0/s1. The predicted molar refractivity (Wildman–Crippen MR) is 116 cm³/mol. The number of hydrogen-bond donors (Lipinski definition) is 2. The second-order valence-electron chi connectivity index (χ2n) is 7.34. The van der Waals surface area contributed by atoms with Gasteiger partial charge in [0.1, 0.15) is 5.75 Å². The van der Waals surface area contributed by atoms with Crippen LogP contribution < -0.4 is 15.4 Å². The largest absolute Gasteiger partial charge is 0.495 e. The van der Waals surface area contributed by atoms with E-state index < -0.39 is 11.8 Å². The van der Waals surface area contributed by atoms with Crippen LogP contribution in [-0.2, 0) is 14.3 Å². The third-order valence-corrected chi connectivity index (χ3v) is 5.07. The van der Waals surface area contributed by atoms with Gasteiger partial charge in [-0.3, -0.25) is 14.5 Å². The summed E-state index contributed by atoms with van der Waals surface area (Å²) in [5, 5.41) is 5.30. The van der Waals surface area contributed by atoms with Crippen LogP contribution >= 0.6 is 0 Å². The van der Waals surface area contributed by atoms with Crippen molar-refractivity contribution >= 4 is 17.5 Å². The summed E-state index contributed by atoms with van der Waals surface area (Å²) in [7, 11) is 1.52. The van der Waals surface area contributed by atoms with E-state index in [1.807, 2.05) is 31.2 Å². The van der Waals surface area contributed by atoms with E-state index in [0.717, 1.165) is 31.6 Å². The van der Waals surface area contributed by atoms with Crippen molar-refractivity contribution in [2.75, 3.05) is 45.2 Å². The van der Waals surface area contributed by atoms with Gasteiger partial charge in [0.25, 0.3) is 0 Å². The molecule has 0 radical (unpaired) electrons. The molecule has 7 heteroatoms. The molecule has 0 spiro atoms. The Labute approximate surface area is 177 Å². The Morgan fingerprint density at radius 3 is 2.73 bits per heavy atom. The average molecular weight is 412 g/mol. The molecular formula is C23H29N3O4. The summed E-state index contributed by atoms with van der Waals surface area (Å²) >= 11 is 0. The van der Waals surface area contributed by atoms with E-state index in [2.05, 4.69) is 27.7 Å². The Morgan fingerprint density at radius 1 is 1.17 bits per heavy atom. The number of amides is 2. The van der Waals surface area contributed by atoms with Gasteiger partial charge >= 0.3 is 11.8 Å². The molecule has 0 aromatic heterocycles. The lowest BCUT2D eigenvalue weighted by Gasteiger charge is -2.33. The topological polar surface area (TPSA) is 79.9 Å². The van der Waals surface area contributed by atoms with Gasteiger partial charge in [-0.1, -0.05) is 36.4 Å². The fourth-order valence-electron chi connectivity index (χ4n) is 3.46. The van der Waals surface area contributed by atoms with Crippen LogP contribution in [0.15, 0.2) is 48.5 Å². The highest BCUT2D eigenvalue weighted by atomic mass is 16.5. The van der Waals surface area contributed by atoms with Crippen LogP contribution in [0.4, 0.5) is 5.69 Å². The molecule has 0 aliphatic carbocycles. The number of methoxy groups -OCH3 is 1. The molecule has 1 saturated heterocycles. The molecule has 2 aromatic rings. The Kier molecular flexibility index (Phi) is 7.82. The van der Waals surface area contributed by atoms with E-state index in [4.69, 9.17) is 9.47 Å². The van der Waals surface area contributed by atoms with Gasteiger partial charge in [-0.15, -0.1) is 0 Å². The van der Waals surface area contributed by atoms with E-state index in [1.165, 1.54) is 12.7 Å². The van der Waals surface area contributed by atoms with Gasteiger partial charge in [0, 0.05) is 26.2 Å². The minimum Gasteiger partial charge on any atom is -0.495 e. The van der Waals surface area contributed by atoms with E-state index in [9.17, 15) is 9.59 Å². The van der Waals surface area contributed by atoms with Crippen LogP contribution in [-0.4, -0.2) is 56.6 Å². The third-order valence-electron chi connectivity index (χ3n) is 5.07. The summed E-state index contributed by atoms with van der Waals surface area (Å²) in [6, 6.07) is 15.6. The molecule has 1 aliphatic heterocycles. The van der Waals surface area contributed by atoms with Crippen LogP contribution in [0.5, 0.6) is 5.75 Å². The van der Waals surface area contributed by atoms with Crippen molar-refractivity contribution in [3.63, 3.8) is 0 Å². The molecule has 0 bridgehead atoms. The summed E-state index contributed by atoms with van der Waals surface area (Å²) in [4.78, 5) is 26.6. The van der Waals surface area contributed by atoms with Crippen molar-refractivity contribution in [1.82, 2.24) is 10.2 Å². The zero-order chi connectivity index (χ0) is 21.3. The van der Waals surface area contributed by atoms with E-state index >= 15 is 0 Å². The predicted octanol–water partition coefficient (Wildman–Crippen LogP) is 2.52. The molecular weight excluding hydrogens is 382 g/mol. The maximum atomic E-state index is 12.2. The van der Waals surface area contributed by atoms with Gasteiger partial charge in [0.15, 0.2) is 0 Å². The lowest BCUT2D eigenvalue weighted by atomic mass is 10.1. The van der Waals surface area contributed by atoms with Gasteiger partial charge in [0.2, 0.25) is 0 Å². The van der Waals surface area contributed by atoms with Crippen molar-refractivity contribution < 1.29 is 19.1 Å². The van der Waals surface area contributed by atoms with E-state index in [1.54, 1.807) is 12.1 Å². The quantitative estimate of drug-likeness (QED) is 0.541. The Bertz CT molecular complexity index is 857. The molecule has 1 fully saturated rings. The maximum absolute atomic E-state index is 12.2. The summed E-state index contributed by atoms with van der Waals surface area (Å²) < 4.78 is 11.1. The molecule has 7 nitrogen and oxygen atoms in total. The Hall–Kier alpha value is -2.90. The number of hydrogen-bond acceptors (Lipinski definition) is 5. The number of carbonyl (C=O) groups is 2. The lowest BCUT2D eigenvalue weighted by Crippen LogP contribution is -2.41. The molecule has 3 rings (SSSR count). The molecule has 2 amide bonds. The SMILES string of the molecule is COc1ccc(C)cc1NC(=O)C(=O)NCCCN1CCO[C@H](c2ccccc2)C1. The van der Waals surface area contributed by atoms with Gasteiger partial charge < -0.3 is 20.1 Å². The van der Waals surface area contributed by atoms with Crippen LogP contribution in [0.25, 0.3) is 0 Å². The van der Waals surface area contributed by atoms with Crippen molar-refractivity contribution in [1.29, 1.82) is 0 Å². The van der Waals surface area contributed by atoms with Crippen LogP contribution in [0, 0.1) is 6.92 Å². The van der Waals surface area contributed by atoms with Gasteiger partial charge in [-0.25, -0.2) is 0 Å². The zero-order valence-corrected chi connectivity index (χ0v) is 17.5. The normalized spacial score (nSPS) is 16.7. The van der Waals surface area contributed by atoms with Crippen LogP contribution in [0.2, 0.25) is 0 Å². The molecule has 0 unspecified atom stereocenters. The number of ether oxygens (including phenoxy) is 2. The fourth-order valence-corrected chi connectivity index (χ4v) is 3.46. The maximum Gasteiger partial charge on any atom is 0.313 e. The van der Waals surface area contributed by atoms with Crippen molar-refractivity contribution in [3.8, 4) is 5.75 Å². The number of benzene rings is 2. The summed E-state index contributed by atoms with van der Waals surface area (Å²) in [5.74, 6) is -0.834. The Morgan fingerprint density at radius 2 is 1.97 bits per heavy atom. The molecule has 2 N–H and O–H groups in total.